The van der Waals surface area contributed by atoms with E-state index in [4.69, 9.17) is 4.74 Å². The zero-order valence-electron chi connectivity index (χ0n) is 21.1. The summed E-state index contributed by atoms with van der Waals surface area (Å²) < 4.78 is 43.3. The Hall–Kier alpha value is -3.76. The number of aromatic nitrogens is 2. The molecule has 38 heavy (non-hydrogen) atoms. The lowest BCUT2D eigenvalue weighted by Gasteiger charge is -2.40. The summed E-state index contributed by atoms with van der Waals surface area (Å²) in [6, 6.07) is 11.1. The van der Waals surface area contributed by atoms with Gasteiger partial charge in [-0.15, -0.1) is 0 Å². The number of hydrogen-bond donors (Lipinski definition) is 3. The lowest BCUT2D eigenvalue weighted by atomic mass is 9.96. The smallest absolute Gasteiger partial charge is 0.405 e. The quantitative estimate of drug-likeness (QED) is 0.423. The fourth-order valence-electron chi connectivity index (χ4n) is 5.45. The van der Waals surface area contributed by atoms with Gasteiger partial charge in [-0.3, -0.25) is 9.59 Å². The number of nitrogens with zero attached hydrogens (tertiary/aromatic N) is 2. The number of benzene rings is 1. The van der Waals surface area contributed by atoms with Crippen molar-refractivity contribution >= 4 is 28.5 Å². The fraction of sp³-hybridized carbons (Fsp3) is 0.444. The molecule has 0 saturated carbocycles. The van der Waals surface area contributed by atoms with Crippen LogP contribution in [0.2, 0.25) is 0 Å². The average Bonchev–Trinajstić information content (AvgIpc) is 3.45. The number of pyridine rings is 1. The van der Waals surface area contributed by atoms with Crippen molar-refractivity contribution in [2.24, 2.45) is 0 Å². The van der Waals surface area contributed by atoms with Crippen molar-refractivity contribution in [1.82, 2.24) is 20.6 Å². The van der Waals surface area contributed by atoms with E-state index >= 15 is 0 Å². The summed E-state index contributed by atoms with van der Waals surface area (Å²) in [6.07, 6.45) is 2.03. The highest BCUT2D eigenvalue weighted by Crippen LogP contribution is 2.39. The largest absolute Gasteiger partial charge is 0.476 e. The summed E-state index contributed by atoms with van der Waals surface area (Å²) in [4.78, 5) is 35.0. The summed E-state index contributed by atoms with van der Waals surface area (Å²) in [5.41, 5.74) is -0.166. The third-order valence-electron chi connectivity index (χ3n) is 7.25. The van der Waals surface area contributed by atoms with Crippen LogP contribution in [0.1, 0.15) is 49.9 Å². The van der Waals surface area contributed by atoms with Gasteiger partial charge in [0.2, 0.25) is 0 Å². The summed E-state index contributed by atoms with van der Waals surface area (Å²) in [6.45, 7) is 2.12. The summed E-state index contributed by atoms with van der Waals surface area (Å²) in [7, 11) is 0. The molecule has 5 rings (SSSR count). The molecule has 2 bridgehead atoms. The molecule has 1 aromatic carbocycles. The van der Waals surface area contributed by atoms with E-state index < -0.39 is 24.2 Å². The molecule has 2 aliphatic heterocycles. The maximum atomic E-state index is 13.2. The summed E-state index contributed by atoms with van der Waals surface area (Å²) in [5, 5.41) is 6.04. The van der Waals surface area contributed by atoms with E-state index in [0.29, 0.717) is 11.6 Å². The molecule has 0 spiro atoms. The van der Waals surface area contributed by atoms with Crippen molar-refractivity contribution in [2.45, 2.75) is 69.4 Å². The van der Waals surface area contributed by atoms with E-state index in [0.717, 1.165) is 36.6 Å². The van der Waals surface area contributed by atoms with Gasteiger partial charge in [-0.1, -0.05) is 12.1 Å². The number of fused-ring (bicyclic) bond motifs is 3. The molecule has 0 aliphatic carbocycles. The van der Waals surface area contributed by atoms with Crippen LogP contribution in [0.4, 0.5) is 19.0 Å². The molecule has 2 saturated heterocycles. The molecule has 2 aliphatic rings. The molecular weight excluding hydrogens is 499 g/mol. The van der Waals surface area contributed by atoms with Gasteiger partial charge in [-0.25, -0.2) is 4.98 Å². The topological polar surface area (TPSA) is 99.4 Å². The zero-order chi connectivity index (χ0) is 27.1. The van der Waals surface area contributed by atoms with E-state index in [1.165, 1.54) is 12.3 Å². The normalized spacial score (nSPS) is 21.4. The molecule has 3 atom stereocenters. The molecular formula is C27H30F3N5O3. The van der Waals surface area contributed by atoms with Gasteiger partial charge in [-0.2, -0.15) is 13.2 Å². The van der Waals surface area contributed by atoms with Gasteiger partial charge in [0.15, 0.2) is 5.60 Å². The number of hydrogen-bond acceptors (Lipinski definition) is 5. The first-order chi connectivity index (χ1) is 18.0. The maximum absolute atomic E-state index is 13.2. The lowest BCUT2D eigenvalue weighted by Crippen LogP contribution is -2.55. The van der Waals surface area contributed by atoms with Crippen LogP contribution in [0.15, 0.2) is 48.8 Å². The molecule has 202 valence electrons. The van der Waals surface area contributed by atoms with E-state index in [1.54, 1.807) is 19.9 Å². The SMILES string of the molecule is CC(C)(Oc1cccc2cc[nH]c12)C(=O)N[C@H]1C[C@H]2CC[C@@H](C1)N2c1ccc(C(=O)NCC(F)(F)F)cn1. The molecule has 3 N–H and O–H groups in total. The van der Waals surface area contributed by atoms with Gasteiger partial charge in [-0.05, 0) is 63.8 Å². The maximum Gasteiger partial charge on any atom is 0.405 e. The Kier molecular flexibility index (Phi) is 6.70. The van der Waals surface area contributed by atoms with E-state index in [2.05, 4.69) is 20.2 Å². The van der Waals surface area contributed by atoms with Crippen molar-refractivity contribution in [3.8, 4) is 5.75 Å². The number of carbonyl (C=O) groups excluding carboxylic acids is 2. The molecule has 8 nitrogen and oxygen atoms in total. The Morgan fingerprint density at radius 1 is 1.11 bits per heavy atom. The van der Waals surface area contributed by atoms with Crippen LogP contribution in [-0.2, 0) is 4.79 Å². The Morgan fingerprint density at radius 3 is 2.50 bits per heavy atom. The number of alkyl halides is 3. The Labute approximate surface area is 217 Å². The van der Waals surface area contributed by atoms with Crippen LogP contribution >= 0.6 is 0 Å². The lowest BCUT2D eigenvalue weighted by molar-refractivity contribution is -0.135. The molecule has 0 unspecified atom stereocenters. The highest BCUT2D eigenvalue weighted by molar-refractivity contribution is 5.94. The van der Waals surface area contributed by atoms with Crippen molar-refractivity contribution in [3.05, 3.63) is 54.4 Å². The number of rotatable bonds is 7. The average molecular weight is 530 g/mol. The number of anilines is 1. The van der Waals surface area contributed by atoms with Crippen molar-refractivity contribution < 1.29 is 27.5 Å². The molecule has 4 heterocycles. The molecule has 3 aromatic rings. The second kappa shape index (κ2) is 9.85. The van der Waals surface area contributed by atoms with Gasteiger partial charge in [0, 0.05) is 35.9 Å². The van der Waals surface area contributed by atoms with Crippen molar-refractivity contribution in [1.29, 1.82) is 0 Å². The minimum Gasteiger partial charge on any atom is -0.476 e. The Balaban J connectivity index is 1.20. The monoisotopic (exact) mass is 529 g/mol. The molecule has 0 radical (unpaired) electrons. The van der Waals surface area contributed by atoms with Gasteiger partial charge in [0.05, 0.1) is 11.1 Å². The number of H-pyrrole nitrogens is 1. The van der Waals surface area contributed by atoms with Gasteiger partial charge in [0.1, 0.15) is 18.1 Å². The van der Waals surface area contributed by atoms with Crippen molar-refractivity contribution in [3.63, 3.8) is 0 Å². The minimum atomic E-state index is -4.47. The highest BCUT2D eigenvalue weighted by atomic mass is 19.4. The zero-order valence-corrected chi connectivity index (χ0v) is 21.1. The predicted molar refractivity (Wildman–Crippen MR) is 136 cm³/mol. The predicted octanol–water partition coefficient (Wildman–Crippen LogP) is 4.33. The van der Waals surface area contributed by atoms with Gasteiger partial charge < -0.3 is 25.3 Å². The number of carbonyl (C=O) groups is 2. The standard InChI is InChI=1S/C27H30F3N5O3/c1-26(2,38-21-5-3-4-16-10-11-31-23(16)21)25(37)34-18-12-19-7-8-20(13-18)35(19)22-9-6-17(14-32-22)24(36)33-15-27(28,29)30/h3-6,9-11,14,18-20,31H,7-8,12-13,15H2,1-2H3,(H,33,36)(H,34,37)/t18-,19+,20-. The summed E-state index contributed by atoms with van der Waals surface area (Å²) >= 11 is 0. The van der Waals surface area contributed by atoms with E-state index in [1.807, 2.05) is 35.8 Å². The molecule has 11 heteroatoms. The Morgan fingerprint density at radius 2 is 1.84 bits per heavy atom. The number of ether oxygens (including phenoxy) is 1. The van der Waals surface area contributed by atoms with Gasteiger partial charge >= 0.3 is 6.18 Å². The molecule has 2 fully saturated rings. The highest BCUT2D eigenvalue weighted by Gasteiger charge is 2.43. The van der Waals surface area contributed by atoms with E-state index in [9.17, 15) is 22.8 Å². The number of aromatic amines is 1. The van der Waals surface area contributed by atoms with Crippen LogP contribution < -0.4 is 20.3 Å². The number of piperidine rings is 1. The van der Waals surface area contributed by atoms with Crippen LogP contribution in [0.25, 0.3) is 10.9 Å². The van der Waals surface area contributed by atoms with Crippen LogP contribution in [0, 0.1) is 0 Å². The van der Waals surface area contributed by atoms with Crippen LogP contribution in [0.5, 0.6) is 5.75 Å². The second-order valence-electron chi connectivity index (χ2n) is 10.4. The van der Waals surface area contributed by atoms with Crippen LogP contribution in [-0.4, -0.2) is 58.2 Å². The minimum absolute atomic E-state index is 0.0205. The third-order valence-corrected chi connectivity index (χ3v) is 7.25. The van der Waals surface area contributed by atoms with Gasteiger partial charge in [0.25, 0.3) is 11.8 Å². The third kappa shape index (κ3) is 5.41. The number of para-hydroxylation sites is 1. The number of amides is 2. The summed E-state index contributed by atoms with van der Waals surface area (Å²) in [5.74, 6) is 0.288. The Bertz CT molecular complexity index is 1310. The van der Waals surface area contributed by atoms with Crippen LogP contribution in [0.3, 0.4) is 0 Å². The number of halogens is 3. The second-order valence-corrected chi connectivity index (χ2v) is 10.4. The molecule has 2 amide bonds. The first-order valence-electron chi connectivity index (χ1n) is 12.7. The first kappa shape index (κ1) is 25.9. The first-order valence-corrected chi connectivity index (χ1v) is 12.7. The molecule has 2 aromatic heterocycles. The number of nitrogens with one attached hydrogen (secondary N) is 3. The fourth-order valence-corrected chi connectivity index (χ4v) is 5.45. The van der Waals surface area contributed by atoms with Crippen molar-refractivity contribution in [2.75, 3.05) is 11.4 Å². The van der Waals surface area contributed by atoms with E-state index in [-0.39, 0.29) is 29.6 Å².